The molecule has 1 fully saturated rings. The average molecular weight is 261 g/mol. The van der Waals surface area contributed by atoms with Gasteiger partial charge in [0.1, 0.15) is 0 Å². The minimum atomic E-state index is -0.0857. The van der Waals surface area contributed by atoms with Crippen LogP contribution in [0.25, 0.3) is 0 Å². The van der Waals surface area contributed by atoms with E-state index in [0.29, 0.717) is 0 Å². The van der Waals surface area contributed by atoms with Crippen molar-refractivity contribution in [1.29, 1.82) is 0 Å². The molecule has 1 atom stereocenters. The van der Waals surface area contributed by atoms with Crippen LogP contribution in [0, 0.1) is 5.41 Å². The van der Waals surface area contributed by atoms with E-state index >= 15 is 0 Å². The summed E-state index contributed by atoms with van der Waals surface area (Å²) in [7, 11) is 0. The van der Waals surface area contributed by atoms with Gasteiger partial charge < -0.3 is 10.6 Å². The quantitative estimate of drug-likeness (QED) is 0.875. The predicted molar refractivity (Wildman–Crippen MR) is 75.8 cm³/mol. The van der Waals surface area contributed by atoms with Crippen molar-refractivity contribution >= 4 is 6.03 Å². The lowest BCUT2D eigenvalue weighted by Gasteiger charge is -2.24. The van der Waals surface area contributed by atoms with Crippen molar-refractivity contribution < 1.29 is 4.79 Å². The summed E-state index contributed by atoms with van der Waals surface area (Å²) < 4.78 is 0. The molecule has 1 aliphatic carbocycles. The Balaban J connectivity index is 1.78. The number of rotatable bonds is 4. The van der Waals surface area contributed by atoms with Crippen LogP contribution in [0.4, 0.5) is 4.79 Å². The van der Waals surface area contributed by atoms with Gasteiger partial charge in [-0.15, -0.1) is 0 Å². The molecule has 4 heteroatoms. The smallest absolute Gasteiger partial charge is 0.315 e. The second-order valence-corrected chi connectivity index (χ2v) is 5.85. The zero-order valence-corrected chi connectivity index (χ0v) is 11.8. The molecule has 0 spiro atoms. The van der Waals surface area contributed by atoms with Gasteiger partial charge in [-0.1, -0.05) is 19.8 Å². The molecule has 1 saturated carbocycles. The maximum atomic E-state index is 11.9. The van der Waals surface area contributed by atoms with E-state index in [0.717, 1.165) is 12.1 Å². The van der Waals surface area contributed by atoms with Gasteiger partial charge in [0.2, 0.25) is 0 Å². The van der Waals surface area contributed by atoms with Crippen LogP contribution >= 0.6 is 0 Å². The average Bonchev–Trinajstić information content (AvgIpc) is 2.85. The summed E-state index contributed by atoms with van der Waals surface area (Å²) in [6.45, 7) is 5.00. The third kappa shape index (κ3) is 3.94. The van der Waals surface area contributed by atoms with Crippen molar-refractivity contribution in [2.75, 3.05) is 6.54 Å². The number of hydrogen-bond acceptors (Lipinski definition) is 2. The molecule has 4 nitrogen and oxygen atoms in total. The van der Waals surface area contributed by atoms with Gasteiger partial charge in [-0.05, 0) is 42.9 Å². The van der Waals surface area contributed by atoms with Crippen LogP contribution < -0.4 is 10.6 Å². The van der Waals surface area contributed by atoms with Crippen molar-refractivity contribution in [2.45, 2.75) is 45.6 Å². The van der Waals surface area contributed by atoms with E-state index in [-0.39, 0.29) is 17.5 Å². The molecule has 2 rings (SSSR count). The number of pyridine rings is 1. The molecular formula is C15H23N3O. The second kappa shape index (κ2) is 6.04. The molecule has 0 radical (unpaired) electrons. The van der Waals surface area contributed by atoms with E-state index in [1.165, 1.54) is 25.7 Å². The standard InChI is InChI=1S/C15H23N3O/c1-12(13-5-9-16-10-6-13)18-14(19)17-11-15(2)7-3-4-8-15/h5-6,9-10,12H,3-4,7-8,11H2,1-2H3,(H2,17,18,19)/t12-/m1/s1. The summed E-state index contributed by atoms with van der Waals surface area (Å²) in [6, 6.07) is 3.75. The van der Waals surface area contributed by atoms with Gasteiger partial charge in [-0.25, -0.2) is 4.79 Å². The summed E-state index contributed by atoms with van der Waals surface area (Å²) in [5, 5.41) is 5.96. The molecular weight excluding hydrogens is 238 g/mol. The normalized spacial score (nSPS) is 18.8. The summed E-state index contributed by atoms with van der Waals surface area (Å²) in [6.07, 6.45) is 8.48. The highest BCUT2D eigenvalue weighted by molar-refractivity contribution is 5.74. The molecule has 0 aliphatic heterocycles. The van der Waals surface area contributed by atoms with E-state index in [1.807, 2.05) is 19.1 Å². The van der Waals surface area contributed by atoms with Crippen LogP contribution in [0.1, 0.15) is 51.1 Å². The number of urea groups is 1. The lowest BCUT2D eigenvalue weighted by atomic mass is 9.89. The van der Waals surface area contributed by atoms with Gasteiger partial charge in [0.15, 0.2) is 0 Å². The Bertz CT molecular complexity index is 413. The van der Waals surface area contributed by atoms with E-state index in [1.54, 1.807) is 12.4 Å². The molecule has 0 bridgehead atoms. The Morgan fingerprint density at radius 3 is 2.63 bits per heavy atom. The summed E-state index contributed by atoms with van der Waals surface area (Å²) in [5.41, 5.74) is 1.36. The maximum absolute atomic E-state index is 11.9. The summed E-state index contributed by atoms with van der Waals surface area (Å²) in [5.74, 6) is 0. The van der Waals surface area contributed by atoms with E-state index in [4.69, 9.17) is 0 Å². The van der Waals surface area contributed by atoms with Crippen LogP contribution in [0.2, 0.25) is 0 Å². The molecule has 1 aromatic rings. The van der Waals surface area contributed by atoms with Crippen LogP contribution in [0.3, 0.4) is 0 Å². The highest BCUT2D eigenvalue weighted by Gasteiger charge is 2.28. The van der Waals surface area contributed by atoms with Gasteiger partial charge in [0, 0.05) is 18.9 Å². The minimum absolute atomic E-state index is 0.000570. The molecule has 104 valence electrons. The fraction of sp³-hybridized carbons (Fsp3) is 0.600. The number of nitrogens with one attached hydrogen (secondary N) is 2. The van der Waals surface area contributed by atoms with Crippen molar-refractivity contribution in [2.24, 2.45) is 5.41 Å². The molecule has 1 heterocycles. The molecule has 1 aliphatic rings. The molecule has 1 aromatic heterocycles. The molecule has 0 aromatic carbocycles. The van der Waals surface area contributed by atoms with E-state index in [2.05, 4.69) is 22.5 Å². The highest BCUT2D eigenvalue weighted by Crippen LogP contribution is 2.36. The Labute approximate surface area is 115 Å². The van der Waals surface area contributed by atoms with Gasteiger partial charge in [0.05, 0.1) is 6.04 Å². The summed E-state index contributed by atoms with van der Waals surface area (Å²) >= 11 is 0. The first-order valence-corrected chi connectivity index (χ1v) is 7.03. The third-order valence-corrected chi connectivity index (χ3v) is 4.04. The van der Waals surface area contributed by atoms with Gasteiger partial charge >= 0.3 is 6.03 Å². The van der Waals surface area contributed by atoms with Gasteiger partial charge in [0.25, 0.3) is 0 Å². The first kappa shape index (κ1) is 13.8. The number of nitrogens with zero attached hydrogens (tertiary/aromatic N) is 1. The SMILES string of the molecule is C[C@@H](NC(=O)NCC1(C)CCCC1)c1ccncc1. The van der Waals surface area contributed by atoms with E-state index < -0.39 is 0 Å². The first-order valence-electron chi connectivity index (χ1n) is 7.03. The van der Waals surface area contributed by atoms with Crippen LogP contribution in [0.5, 0.6) is 0 Å². The van der Waals surface area contributed by atoms with Crippen molar-refractivity contribution in [1.82, 2.24) is 15.6 Å². The van der Waals surface area contributed by atoms with Crippen LogP contribution in [0.15, 0.2) is 24.5 Å². The molecule has 19 heavy (non-hydrogen) atoms. The lowest BCUT2D eigenvalue weighted by Crippen LogP contribution is -2.41. The molecule has 2 N–H and O–H groups in total. The summed E-state index contributed by atoms with van der Waals surface area (Å²) in [4.78, 5) is 15.9. The van der Waals surface area contributed by atoms with Crippen molar-refractivity contribution in [3.8, 4) is 0 Å². The fourth-order valence-corrected chi connectivity index (χ4v) is 2.68. The highest BCUT2D eigenvalue weighted by atomic mass is 16.2. The third-order valence-electron chi connectivity index (χ3n) is 4.04. The lowest BCUT2D eigenvalue weighted by molar-refractivity contribution is 0.229. The van der Waals surface area contributed by atoms with Gasteiger partial charge in [-0.2, -0.15) is 0 Å². The maximum Gasteiger partial charge on any atom is 0.315 e. The zero-order valence-electron chi connectivity index (χ0n) is 11.8. The van der Waals surface area contributed by atoms with Crippen LogP contribution in [-0.2, 0) is 0 Å². The van der Waals surface area contributed by atoms with Crippen molar-refractivity contribution in [3.05, 3.63) is 30.1 Å². The van der Waals surface area contributed by atoms with Crippen LogP contribution in [-0.4, -0.2) is 17.6 Å². The Kier molecular flexibility index (Phi) is 4.40. The van der Waals surface area contributed by atoms with Gasteiger partial charge in [-0.3, -0.25) is 4.98 Å². The molecule has 0 saturated heterocycles. The molecule has 2 amide bonds. The first-order chi connectivity index (χ1) is 9.09. The monoisotopic (exact) mass is 261 g/mol. The largest absolute Gasteiger partial charge is 0.338 e. The second-order valence-electron chi connectivity index (χ2n) is 5.85. The number of carbonyl (C=O) groups excluding carboxylic acids is 1. The van der Waals surface area contributed by atoms with E-state index in [9.17, 15) is 4.79 Å². The Morgan fingerprint density at radius 2 is 2.00 bits per heavy atom. The fourth-order valence-electron chi connectivity index (χ4n) is 2.68. The Hall–Kier alpha value is -1.58. The number of amides is 2. The topological polar surface area (TPSA) is 54.0 Å². The number of carbonyl (C=O) groups is 1. The zero-order chi connectivity index (χ0) is 13.7. The number of hydrogen-bond donors (Lipinski definition) is 2. The Morgan fingerprint density at radius 1 is 1.37 bits per heavy atom. The molecule has 0 unspecified atom stereocenters. The minimum Gasteiger partial charge on any atom is -0.338 e. The predicted octanol–water partition coefficient (Wildman–Crippen LogP) is 3.02. The number of aromatic nitrogens is 1. The van der Waals surface area contributed by atoms with Crippen molar-refractivity contribution in [3.63, 3.8) is 0 Å².